The zero-order valence-corrected chi connectivity index (χ0v) is 23.8. The number of nitrogens with zero attached hydrogens (tertiary/aromatic N) is 1. The molecule has 1 aliphatic heterocycles. The van der Waals surface area contributed by atoms with Gasteiger partial charge in [0, 0.05) is 36.2 Å². The molecule has 40 heavy (non-hydrogen) atoms. The van der Waals surface area contributed by atoms with E-state index in [9.17, 15) is 24.6 Å². The second kappa shape index (κ2) is 14.1. The van der Waals surface area contributed by atoms with E-state index >= 15 is 0 Å². The minimum atomic E-state index is -1.10. The van der Waals surface area contributed by atoms with Gasteiger partial charge in [-0.25, -0.2) is 0 Å². The molecule has 1 aromatic carbocycles. The van der Waals surface area contributed by atoms with Crippen LogP contribution in [0.4, 0.5) is 0 Å². The van der Waals surface area contributed by atoms with Gasteiger partial charge in [-0.1, -0.05) is 51.9 Å². The number of benzene rings is 1. The molecule has 220 valence electrons. The van der Waals surface area contributed by atoms with Crippen molar-refractivity contribution in [2.24, 2.45) is 5.92 Å². The lowest BCUT2D eigenvalue weighted by atomic mass is 9.77. The zero-order chi connectivity index (χ0) is 28.6. The molecule has 0 bridgehead atoms. The first kappa shape index (κ1) is 30.1. The Hall–Kier alpha value is -2.91. The van der Waals surface area contributed by atoms with Crippen LogP contribution in [0.2, 0.25) is 0 Å². The molecule has 1 fully saturated rings. The van der Waals surface area contributed by atoms with Crippen molar-refractivity contribution in [3.05, 3.63) is 34.9 Å². The van der Waals surface area contributed by atoms with E-state index in [1.54, 1.807) is 23.1 Å². The number of aliphatic hydroxyl groups excluding tert-OH is 2. The largest absolute Gasteiger partial charge is 0.493 e. The van der Waals surface area contributed by atoms with Crippen LogP contribution in [-0.2, 0) is 9.59 Å². The standard InChI is InChI=1S/C31H44N2O7/c1-3-4-5-8-14-33(26(36)12-11-20-9-6-7-10-20)24-18-23(31(38)32-13-15-34)27-22-16-21(19-35)17-25(39-2)29(22)40-30(27)28(24)37/h16-20,24,27-28,30,34,37H,3-15H2,1-2H3,(H,32,38). The molecule has 4 atom stereocenters. The molecule has 2 amide bonds. The Kier molecular flexibility index (Phi) is 10.6. The minimum Gasteiger partial charge on any atom is -0.493 e. The molecule has 4 rings (SSSR count). The Balaban J connectivity index is 1.69. The van der Waals surface area contributed by atoms with Crippen LogP contribution in [0.1, 0.15) is 93.0 Å². The number of carbonyl (C=O) groups excluding carboxylic acids is 3. The van der Waals surface area contributed by atoms with Crippen molar-refractivity contribution in [3.63, 3.8) is 0 Å². The summed E-state index contributed by atoms with van der Waals surface area (Å²) in [4.78, 5) is 40.5. The third-order valence-corrected chi connectivity index (χ3v) is 8.58. The van der Waals surface area contributed by atoms with Gasteiger partial charge in [-0.05, 0) is 37.0 Å². The van der Waals surface area contributed by atoms with Crippen LogP contribution >= 0.6 is 0 Å². The highest BCUT2D eigenvalue weighted by Crippen LogP contribution is 2.51. The smallest absolute Gasteiger partial charge is 0.247 e. The highest BCUT2D eigenvalue weighted by atomic mass is 16.5. The lowest BCUT2D eigenvalue weighted by Gasteiger charge is -2.41. The van der Waals surface area contributed by atoms with Crippen molar-refractivity contribution < 1.29 is 34.1 Å². The number of amides is 2. The van der Waals surface area contributed by atoms with Crippen molar-refractivity contribution in [2.45, 2.75) is 95.3 Å². The summed E-state index contributed by atoms with van der Waals surface area (Å²) >= 11 is 0. The maximum Gasteiger partial charge on any atom is 0.247 e. The molecular weight excluding hydrogens is 512 g/mol. The summed E-state index contributed by atoms with van der Waals surface area (Å²) in [5.74, 6) is 0.201. The molecule has 0 aromatic heterocycles. The summed E-state index contributed by atoms with van der Waals surface area (Å²) < 4.78 is 11.8. The fourth-order valence-electron chi connectivity index (χ4n) is 6.48. The molecule has 1 saturated carbocycles. The number of methoxy groups -OCH3 is 1. The number of aldehydes is 1. The number of ether oxygens (including phenoxy) is 2. The Morgan fingerprint density at radius 2 is 1.98 bits per heavy atom. The first-order valence-corrected chi connectivity index (χ1v) is 14.9. The van der Waals surface area contributed by atoms with Crippen LogP contribution in [0, 0.1) is 5.92 Å². The van der Waals surface area contributed by atoms with E-state index in [2.05, 4.69) is 12.2 Å². The summed E-state index contributed by atoms with van der Waals surface area (Å²) in [6, 6.07) is 2.47. The number of hydrogen-bond acceptors (Lipinski definition) is 7. The second-order valence-electron chi connectivity index (χ2n) is 11.2. The summed E-state index contributed by atoms with van der Waals surface area (Å²) in [7, 11) is 1.47. The Bertz CT molecular complexity index is 1080. The van der Waals surface area contributed by atoms with Crippen LogP contribution < -0.4 is 14.8 Å². The molecule has 9 nitrogen and oxygen atoms in total. The third kappa shape index (κ3) is 6.52. The van der Waals surface area contributed by atoms with Gasteiger partial charge in [0.05, 0.1) is 25.7 Å². The first-order valence-electron chi connectivity index (χ1n) is 14.9. The molecule has 0 radical (unpaired) electrons. The Morgan fingerprint density at radius 3 is 2.65 bits per heavy atom. The van der Waals surface area contributed by atoms with Crippen molar-refractivity contribution in [3.8, 4) is 11.5 Å². The predicted octanol–water partition coefficient (Wildman–Crippen LogP) is 3.51. The molecule has 0 spiro atoms. The molecule has 1 heterocycles. The average Bonchev–Trinajstić information content (AvgIpc) is 3.63. The highest BCUT2D eigenvalue weighted by molar-refractivity contribution is 5.96. The fraction of sp³-hybridized carbons (Fsp3) is 0.645. The topological polar surface area (TPSA) is 125 Å². The van der Waals surface area contributed by atoms with Gasteiger partial charge in [0.2, 0.25) is 11.8 Å². The van der Waals surface area contributed by atoms with Crippen LogP contribution in [0.15, 0.2) is 23.8 Å². The van der Waals surface area contributed by atoms with E-state index in [1.165, 1.54) is 20.0 Å². The van der Waals surface area contributed by atoms with Gasteiger partial charge in [0.25, 0.3) is 0 Å². The molecule has 3 aliphatic rings. The Labute approximate surface area is 236 Å². The number of hydrogen-bond donors (Lipinski definition) is 3. The molecule has 4 unspecified atom stereocenters. The van der Waals surface area contributed by atoms with Gasteiger partial charge in [-0.3, -0.25) is 14.4 Å². The number of rotatable bonds is 14. The quantitative estimate of drug-likeness (QED) is 0.237. The van der Waals surface area contributed by atoms with E-state index in [4.69, 9.17) is 9.47 Å². The molecule has 1 aromatic rings. The second-order valence-corrected chi connectivity index (χ2v) is 11.2. The van der Waals surface area contributed by atoms with Gasteiger partial charge in [0.15, 0.2) is 11.5 Å². The summed E-state index contributed by atoms with van der Waals surface area (Å²) in [5, 5.41) is 23.8. The maximum absolute atomic E-state index is 13.7. The highest BCUT2D eigenvalue weighted by Gasteiger charge is 2.51. The number of aliphatic hydroxyl groups is 2. The summed E-state index contributed by atoms with van der Waals surface area (Å²) in [6.45, 7) is 2.46. The molecular formula is C31H44N2O7. The first-order chi connectivity index (χ1) is 19.4. The van der Waals surface area contributed by atoms with E-state index in [1.807, 2.05) is 0 Å². The van der Waals surface area contributed by atoms with Gasteiger partial charge in [0.1, 0.15) is 18.5 Å². The number of nitrogens with one attached hydrogen (secondary N) is 1. The monoisotopic (exact) mass is 556 g/mol. The van der Waals surface area contributed by atoms with Gasteiger partial charge in [-0.2, -0.15) is 0 Å². The normalized spacial score (nSPS) is 23.6. The van der Waals surface area contributed by atoms with Crippen LogP contribution in [0.5, 0.6) is 11.5 Å². The molecule has 3 N–H and O–H groups in total. The van der Waals surface area contributed by atoms with E-state index in [0.29, 0.717) is 53.4 Å². The maximum atomic E-state index is 13.7. The Morgan fingerprint density at radius 1 is 1.20 bits per heavy atom. The SMILES string of the molecule is CCCCCCN(C(=O)CCC1CCCC1)C1C=C(C(=O)NCCO)C2c3cc(C=O)cc(OC)c3OC2C1O. The van der Waals surface area contributed by atoms with Crippen molar-refractivity contribution in [2.75, 3.05) is 26.8 Å². The number of fused-ring (bicyclic) bond motifs is 3. The lowest BCUT2D eigenvalue weighted by Crippen LogP contribution is -2.56. The van der Waals surface area contributed by atoms with Crippen LogP contribution in [0.3, 0.4) is 0 Å². The molecule has 9 heteroatoms. The predicted molar refractivity (Wildman–Crippen MR) is 151 cm³/mol. The summed E-state index contributed by atoms with van der Waals surface area (Å²) in [5.41, 5.74) is 1.29. The number of unbranched alkanes of at least 4 members (excludes halogenated alkanes) is 3. The molecule has 2 aliphatic carbocycles. The van der Waals surface area contributed by atoms with Crippen molar-refractivity contribution >= 4 is 18.1 Å². The molecule has 0 saturated heterocycles. The van der Waals surface area contributed by atoms with Crippen molar-refractivity contribution in [1.82, 2.24) is 10.2 Å². The lowest BCUT2D eigenvalue weighted by molar-refractivity contribution is -0.137. The third-order valence-electron chi connectivity index (χ3n) is 8.58. The van der Waals surface area contributed by atoms with Crippen molar-refractivity contribution in [1.29, 1.82) is 0 Å². The van der Waals surface area contributed by atoms with Gasteiger partial charge < -0.3 is 29.9 Å². The zero-order valence-electron chi connectivity index (χ0n) is 23.8. The van der Waals surface area contributed by atoms with E-state index in [0.717, 1.165) is 44.9 Å². The van der Waals surface area contributed by atoms with E-state index < -0.39 is 30.1 Å². The van der Waals surface area contributed by atoms with Crippen LogP contribution in [-0.4, -0.2) is 78.3 Å². The number of carbonyl (C=O) groups is 3. The van der Waals surface area contributed by atoms with Gasteiger partial charge in [-0.15, -0.1) is 0 Å². The van der Waals surface area contributed by atoms with Crippen LogP contribution in [0.25, 0.3) is 0 Å². The summed E-state index contributed by atoms with van der Waals surface area (Å²) in [6.07, 6.45) is 10.3. The van der Waals surface area contributed by atoms with Gasteiger partial charge >= 0.3 is 0 Å². The fourth-order valence-corrected chi connectivity index (χ4v) is 6.48. The average molecular weight is 557 g/mol. The van der Waals surface area contributed by atoms with E-state index in [-0.39, 0.29) is 19.1 Å². The minimum absolute atomic E-state index is 0.0198.